The Labute approximate surface area is 134 Å². The van der Waals surface area contributed by atoms with Crippen molar-refractivity contribution < 1.29 is 9.84 Å². The van der Waals surface area contributed by atoms with Crippen LogP contribution in [0, 0.1) is 0 Å². The van der Waals surface area contributed by atoms with E-state index in [0.717, 1.165) is 23.4 Å². The van der Waals surface area contributed by atoms with Crippen molar-refractivity contribution >= 4 is 28.9 Å². The molecule has 0 amide bonds. The number of para-hydroxylation sites is 1. The summed E-state index contributed by atoms with van der Waals surface area (Å²) < 4.78 is 5.40. The zero-order valence-corrected chi connectivity index (χ0v) is 13.4. The molecule has 0 spiro atoms. The second-order valence-corrected chi connectivity index (χ2v) is 5.45. The van der Waals surface area contributed by atoms with E-state index in [2.05, 4.69) is 12.2 Å². The number of methoxy groups -OCH3 is 1. The fraction of sp³-hybridized carbons (Fsp3) is 0.250. The molecule has 5 heteroatoms. The average molecular weight is 326 g/mol. The highest BCUT2D eigenvalue weighted by atomic mass is 35.5. The third kappa shape index (κ3) is 3.55. The number of ether oxygens (including phenoxy) is 1. The van der Waals surface area contributed by atoms with Gasteiger partial charge < -0.3 is 15.2 Å². The minimum atomic E-state index is -0.103. The second kappa shape index (κ2) is 6.92. The van der Waals surface area contributed by atoms with E-state index in [0.29, 0.717) is 0 Å². The number of aromatic hydroxyl groups is 1. The Hall–Kier alpha value is -1.58. The molecule has 1 unspecified atom stereocenters. The van der Waals surface area contributed by atoms with Gasteiger partial charge in [-0.3, -0.25) is 0 Å². The van der Waals surface area contributed by atoms with E-state index in [9.17, 15) is 5.11 Å². The molecule has 2 rings (SSSR count). The van der Waals surface area contributed by atoms with Crippen molar-refractivity contribution in [3.63, 3.8) is 0 Å². The molecule has 0 radical (unpaired) electrons. The molecule has 2 aromatic rings. The van der Waals surface area contributed by atoms with E-state index in [1.54, 1.807) is 19.2 Å². The molecule has 21 heavy (non-hydrogen) atoms. The Balaban J connectivity index is 2.31. The molecule has 0 aliphatic rings. The minimum absolute atomic E-state index is 0.0535. The highest BCUT2D eigenvalue weighted by Crippen LogP contribution is 2.37. The lowest BCUT2D eigenvalue weighted by atomic mass is 10.0. The van der Waals surface area contributed by atoms with Crippen LogP contribution in [0.5, 0.6) is 11.5 Å². The van der Waals surface area contributed by atoms with Gasteiger partial charge in [0.25, 0.3) is 0 Å². The molecule has 0 saturated carbocycles. The average Bonchev–Trinajstić information content (AvgIpc) is 2.50. The number of benzene rings is 2. The number of nitrogens with one attached hydrogen (secondary N) is 1. The minimum Gasteiger partial charge on any atom is -0.505 e. The summed E-state index contributed by atoms with van der Waals surface area (Å²) in [6.45, 7) is 2.08. The predicted molar refractivity (Wildman–Crippen MR) is 87.8 cm³/mol. The van der Waals surface area contributed by atoms with Gasteiger partial charge in [0.1, 0.15) is 5.75 Å². The summed E-state index contributed by atoms with van der Waals surface area (Å²) >= 11 is 11.9. The second-order valence-electron chi connectivity index (χ2n) is 4.64. The van der Waals surface area contributed by atoms with Crippen LogP contribution in [0.15, 0.2) is 36.4 Å². The summed E-state index contributed by atoms with van der Waals surface area (Å²) in [6, 6.07) is 11.2. The van der Waals surface area contributed by atoms with E-state index in [1.807, 2.05) is 24.3 Å². The number of hydrogen-bond donors (Lipinski definition) is 2. The van der Waals surface area contributed by atoms with E-state index in [4.69, 9.17) is 27.9 Å². The Morgan fingerprint density at radius 3 is 2.38 bits per heavy atom. The first-order valence-corrected chi connectivity index (χ1v) is 7.39. The number of phenols is 1. The molecule has 0 aliphatic heterocycles. The standard InChI is InChI=1S/C16H17Cl2NO2/c1-3-14(11-6-4-5-7-15(11)21-2)19-10-8-12(17)16(20)13(18)9-10/h4-9,14,19-20H,3H2,1-2H3. The van der Waals surface area contributed by atoms with E-state index in [1.165, 1.54) is 0 Å². The van der Waals surface area contributed by atoms with Crippen molar-refractivity contribution in [1.29, 1.82) is 0 Å². The first-order valence-electron chi connectivity index (χ1n) is 6.64. The third-order valence-corrected chi connectivity index (χ3v) is 3.86. The lowest BCUT2D eigenvalue weighted by Crippen LogP contribution is -2.11. The fourth-order valence-electron chi connectivity index (χ4n) is 2.20. The molecular weight excluding hydrogens is 309 g/mol. The maximum Gasteiger partial charge on any atom is 0.152 e. The van der Waals surface area contributed by atoms with Gasteiger partial charge in [0.05, 0.1) is 23.2 Å². The van der Waals surface area contributed by atoms with Crippen LogP contribution in [-0.2, 0) is 0 Å². The molecule has 0 saturated heterocycles. The number of anilines is 1. The van der Waals surface area contributed by atoms with Crippen LogP contribution in [0.25, 0.3) is 0 Å². The largest absolute Gasteiger partial charge is 0.505 e. The van der Waals surface area contributed by atoms with Gasteiger partial charge in [-0.15, -0.1) is 0 Å². The van der Waals surface area contributed by atoms with Crippen molar-refractivity contribution in [2.24, 2.45) is 0 Å². The molecule has 0 fully saturated rings. The summed E-state index contributed by atoms with van der Waals surface area (Å²) in [6.07, 6.45) is 0.858. The molecule has 112 valence electrons. The van der Waals surface area contributed by atoms with Crippen LogP contribution in [0.3, 0.4) is 0 Å². The Morgan fingerprint density at radius 1 is 1.19 bits per heavy atom. The first kappa shape index (κ1) is 15.8. The Morgan fingerprint density at radius 2 is 1.81 bits per heavy atom. The predicted octanol–water partition coefficient (Wildman–Crippen LogP) is 5.27. The third-order valence-electron chi connectivity index (χ3n) is 3.28. The summed E-state index contributed by atoms with van der Waals surface area (Å²) in [5.74, 6) is 0.724. The molecule has 0 bridgehead atoms. The molecule has 0 aromatic heterocycles. The number of halogens is 2. The number of rotatable bonds is 5. The summed E-state index contributed by atoms with van der Waals surface area (Å²) in [5, 5.41) is 13.4. The quantitative estimate of drug-likeness (QED) is 0.735. The van der Waals surface area contributed by atoms with Crippen LogP contribution in [0.2, 0.25) is 10.0 Å². The van der Waals surface area contributed by atoms with Gasteiger partial charge in [0.2, 0.25) is 0 Å². The Kier molecular flexibility index (Phi) is 5.21. The highest BCUT2D eigenvalue weighted by Gasteiger charge is 2.15. The van der Waals surface area contributed by atoms with Crippen LogP contribution >= 0.6 is 23.2 Å². The molecule has 1 atom stereocenters. The first-order chi connectivity index (χ1) is 10.1. The maximum atomic E-state index is 9.61. The zero-order valence-electron chi connectivity index (χ0n) is 11.9. The molecule has 0 aliphatic carbocycles. The summed E-state index contributed by atoms with van der Waals surface area (Å²) in [5.41, 5.74) is 1.81. The van der Waals surface area contributed by atoms with Gasteiger partial charge in [-0.05, 0) is 24.6 Å². The van der Waals surface area contributed by atoms with Gasteiger partial charge >= 0.3 is 0 Å². The van der Waals surface area contributed by atoms with Crippen LogP contribution in [0.1, 0.15) is 24.9 Å². The molecular formula is C16H17Cl2NO2. The van der Waals surface area contributed by atoms with Crippen LogP contribution in [-0.4, -0.2) is 12.2 Å². The van der Waals surface area contributed by atoms with Crippen LogP contribution in [0.4, 0.5) is 5.69 Å². The van der Waals surface area contributed by atoms with Gasteiger partial charge in [-0.1, -0.05) is 48.3 Å². The monoisotopic (exact) mass is 325 g/mol. The van der Waals surface area contributed by atoms with E-state index >= 15 is 0 Å². The normalized spacial score (nSPS) is 12.0. The Bertz CT molecular complexity index is 608. The van der Waals surface area contributed by atoms with Gasteiger partial charge in [-0.25, -0.2) is 0 Å². The van der Waals surface area contributed by atoms with Crippen LogP contribution < -0.4 is 10.1 Å². The molecule has 2 aromatic carbocycles. The SMILES string of the molecule is CCC(Nc1cc(Cl)c(O)c(Cl)c1)c1ccccc1OC. The fourth-order valence-corrected chi connectivity index (χ4v) is 2.69. The zero-order chi connectivity index (χ0) is 15.4. The molecule has 0 heterocycles. The number of hydrogen-bond acceptors (Lipinski definition) is 3. The van der Waals surface area contributed by atoms with Gasteiger partial charge in [-0.2, -0.15) is 0 Å². The van der Waals surface area contributed by atoms with Crippen molar-refractivity contribution in [2.75, 3.05) is 12.4 Å². The summed E-state index contributed by atoms with van der Waals surface area (Å²) in [4.78, 5) is 0. The van der Waals surface area contributed by atoms with Crippen molar-refractivity contribution in [1.82, 2.24) is 0 Å². The maximum absolute atomic E-state index is 9.61. The van der Waals surface area contributed by atoms with Gasteiger partial charge in [0.15, 0.2) is 5.75 Å². The van der Waals surface area contributed by atoms with E-state index in [-0.39, 0.29) is 21.8 Å². The van der Waals surface area contributed by atoms with Crippen molar-refractivity contribution in [3.8, 4) is 11.5 Å². The van der Waals surface area contributed by atoms with Crippen molar-refractivity contribution in [2.45, 2.75) is 19.4 Å². The smallest absolute Gasteiger partial charge is 0.152 e. The van der Waals surface area contributed by atoms with E-state index < -0.39 is 0 Å². The van der Waals surface area contributed by atoms with Crippen molar-refractivity contribution in [3.05, 3.63) is 52.0 Å². The van der Waals surface area contributed by atoms with Gasteiger partial charge in [0, 0.05) is 11.3 Å². The summed E-state index contributed by atoms with van der Waals surface area (Å²) in [7, 11) is 1.65. The highest BCUT2D eigenvalue weighted by molar-refractivity contribution is 6.37. The topological polar surface area (TPSA) is 41.5 Å². The molecule has 3 nitrogen and oxygen atoms in total. The lowest BCUT2D eigenvalue weighted by molar-refractivity contribution is 0.406. The molecule has 2 N–H and O–H groups in total. The number of phenolic OH excluding ortho intramolecular Hbond substituents is 1. The lowest BCUT2D eigenvalue weighted by Gasteiger charge is -2.21.